The van der Waals surface area contributed by atoms with Crippen molar-refractivity contribution in [2.45, 2.75) is 32.1 Å². The van der Waals surface area contributed by atoms with E-state index in [9.17, 15) is 9.59 Å². The molecule has 18 heavy (non-hydrogen) atoms. The first-order chi connectivity index (χ1) is 8.72. The smallest absolute Gasteiger partial charge is 0.311 e. The molecule has 0 fully saturated rings. The van der Waals surface area contributed by atoms with Crippen LogP contribution in [-0.4, -0.2) is 17.6 Å². The first-order valence-corrected chi connectivity index (χ1v) is 6.59. The lowest BCUT2D eigenvalue weighted by molar-refractivity contribution is -0.134. The van der Waals surface area contributed by atoms with Crippen molar-refractivity contribution in [3.8, 4) is 5.75 Å². The Labute approximate surface area is 112 Å². The van der Waals surface area contributed by atoms with Crippen LogP contribution in [0.25, 0.3) is 0 Å². The van der Waals surface area contributed by atoms with Crippen LogP contribution in [0.2, 0.25) is 0 Å². The van der Waals surface area contributed by atoms with Gasteiger partial charge in [-0.2, -0.15) is 0 Å². The third kappa shape index (κ3) is 6.40. The highest BCUT2D eigenvalue weighted by Crippen LogP contribution is 2.11. The second kappa shape index (κ2) is 8.70. The summed E-state index contributed by atoms with van der Waals surface area (Å²) in [6.07, 6.45) is 2.61. The monoisotopic (exact) mass is 268 g/mol. The number of hydrogen-bond acceptors (Lipinski definition) is 3. The van der Waals surface area contributed by atoms with Crippen molar-refractivity contribution in [3.63, 3.8) is 0 Å². The van der Waals surface area contributed by atoms with Gasteiger partial charge in [0.25, 0.3) is 0 Å². The van der Waals surface area contributed by atoms with Crippen molar-refractivity contribution in [1.29, 1.82) is 0 Å². The van der Waals surface area contributed by atoms with Gasteiger partial charge in [0.2, 0.25) is 0 Å². The number of unbranched alkanes of at least 4 members (excludes halogenated alkanes) is 1. The second-order valence-electron chi connectivity index (χ2n) is 3.97. The van der Waals surface area contributed by atoms with E-state index in [0.717, 1.165) is 0 Å². The van der Waals surface area contributed by atoms with Gasteiger partial charge in [-0.25, -0.2) is 0 Å². The minimum absolute atomic E-state index is 0.154. The van der Waals surface area contributed by atoms with Gasteiger partial charge in [0.1, 0.15) is 11.5 Å². The van der Waals surface area contributed by atoms with Crippen LogP contribution in [0.4, 0.5) is 0 Å². The standard InChI is InChI=1S/C14H17ClO3/c15-11-10-12(16)6-4-5-9-14(17)18-13-7-2-1-3-8-13/h1-3,7-8H,4-6,9-11H2. The summed E-state index contributed by atoms with van der Waals surface area (Å²) in [4.78, 5) is 22.6. The summed E-state index contributed by atoms with van der Waals surface area (Å²) in [7, 11) is 0. The van der Waals surface area contributed by atoms with Gasteiger partial charge in [-0.05, 0) is 25.0 Å². The fraction of sp³-hybridized carbons (Fsp3) is 0.429. The van der Waals surface area contributed by atoms with E-state index in [0.29, 0.717) is 43.7 Å². The van der Waals surface area contributed by atoms with E-state index in [1.807, 2.05) is 18.2 Å². The van der Waals surface area contributed by atoms with E-state index in [-0.39, 0.29) is 11.8 Å². The zero-order chi connectivity index (χ0) is 13.2. The molecule has 0 aliphatic carbocycles. The lowest BCUT2D eigenvalue weighted by atomic mass is 10.1. The predicted molar refractivity (Wildman–Crippen MR) is 70.9 cm³/mol. The number of rotatable bonds is 8. The molecular formula is C14H17ClO3. The molecule has 0 aliphatic heterocycles. The predicted octanol–water partition coefficient (Wildman–Crippen LogP) is 3.35. The zero-order valence-corrected chi connectivity index (χ0v) is 11.0. The van der Waals surface area contributed by atoms with Gasteiger partial charge < -0.3 is 4.74 Å². The number of halogens is 1. The first-order valence-electron chi connectivity index (χ1n) is 6.06. The normalized spacial score (nSPS) is 10.1. The molecule has 1 aromatic rings. The van der Waals surface area contributed by atoms with Crippen LogP contribution < -0.4 is 4.74 Å². The fourth-order valence-corrected chi connectivity index (χ4v) is 1.70. The summed E-state index contributed by atoms with van der Waals surface area (Å²) in [5, 5.41) is 0. The van der Waals surface area contributed by atoms with Crippen molar-refractivity contribution in [1.82, 2.24) is 0 Å². The van der Waals surface area contributed by atoms with Gasteiger partial charge in [0.05, 0.1) is 0 Å². The lowest BCUT2D eigenvalue weighted by Crippen LogP contribution is -2.08. The molecule has 0 unspecified atom stereocenters. The third-order valence-electron chi connectivity index (χ3n) is 2.43. The highest BCUT2D eigenvalue weighted by molar-refractivity contribution is 6.19. The maximum absolute atomic E-state index is 11.5. The van der Waals surface area contributed by atoms with Gasteiger partial charge in [-0.15, -0.1) is 11.6 Å². The van der Waals surface area contributed by atoms with E-state index >= 15 is 0 Å². The summed E-state index contributed by atoms with van der Waals surface area (Å²) in [5.41, 5.74) is 0. The number of ketones is 1. The van der Waals surface area contributed by atoms with E-state index in [4.69, 9.17) is 16.3 Å². The number of benzene rings is 1. The molecule has 0 N–H and O–H groups in total. The topological polar surface area (TPSA) is 43.4 Å². The number of para-hydroxylation sites is 1. The quantitative estimate of drug-likeness (QED) is 0.314. The summed E-state index contributed by atoms with van der Waals surface area (Å²) in [5.74, 6) is 0.822. The molecule has 3 nitrogen and oxygen atoms in total. The Bertz CT molecular complexity index is 376. The summed E-state index contributed by atoms with van der Waals surface area (Å²) >= 11 is 5.45. The molecule has 0 spiro atoms. The SMILES string of the molecule is O=C(CCCl)CCCCC(=O)Oc1ccccc1. The minimum atomic E-state index is -0.258. The molecule has 98 valence electrons. The Kier molecular flexibility index (Phi) is 7.11. The lowest BCUT2D eigenvalue weighted by Gasteiger charge is -2.03. The Balaban J connectivity index is 2.12. The number of ether oxygens (including phenoxy) is 1. The molecule has 1 rings (SSSR count). The average Bonchev–Trinajstić information content (AvgIpc) is 2.36. The molecule has 0 bridgehead atoms. The maximum Gasteiger partial charge on any atom is 0.311 e. The number of Topliss-reactive ketones (excluding diaryl/α,β-unsaturated/α-hetero) is 1. The van der Waals surface area contributed by atoms with Crippen molar-refractivity contribution < 1.29 is 14.3 Å². The average molecular weight is 269 g/mol. The van der Waals surface area contributed by atoms with Crippen LogP contribution in [0, 0.1) is 0 Å². The van der Waals surface area contributed by atoms with Gasteiger partial charge in [-0.3, -0.25) is 9.59 Å². The highest BCUT2D eigenvalue weighted by Gasteiger charge is 2.05. The van der Waals surface area contributed by atoms with Gasteiger partial charge in [0, 0.05) is 25.1 Å². The Morgan fingerprint density at radius 2 is 1.67 bits per heavy atom. The summed E-state index contributed by atoms with van der Waals surface area (Å²) < 4.78 is 5.12. The van der Waals surface area contributed by atoms with Gasteiger partial charge in [-0.1, -0.05) is 18.2 Å². The van der Waals surface area contributed by atoms with Gasteiger partial charge >= 0.3 is 5.97 Å². The van der Waals surface area contributed by atoms with Crippen LogP contribution in [0.15, 0.2) is 30.3 Å². The largest absolute Gasteiger partial charge is 0.427 e. The molecule has 0 aliphatic rings. The number of hydrogen-bond donors (Lipinski definition) is 0. The molecular weight excluding hydrogens is 252 g/mol. The van der Waals surface area contributed by atoms with E-state index in [2.05, 4.69) is 0 Å². The van der Waals surface area contributed by atoms with Crippen molar-refractivity contribution in [2.24, 2.45) is 0 Å². The summed E-state index contributed by atoms with van der Waals surface area (Å²) in [6, 6.07) is 8.96. The van der Waals surface area contributed by atoms with Crippen LogP contribution in [0.1, 0.15) is 32.1 Å². The Hall–Kier alpha value is -1.35. The summed E-state index contributed by atoms with van der Waals surface area (Å²) in [6.45, 7) is 0. The fourth-order valence-electron chi connectivity index (χ4n) is 1.49. The molecule has 0 atom stereocenters. The number of carbonyl (C=O) groups is 2. The molecule has 0 saturated heterocycles. The van der Waals surface area contributed by atoms with Gasteiger partial charge in [0.15, 0.2) is 0 Å². The molecule has 0 aromatic heterocycles. The molecule has 4 heteroatoms. The number of alkyl halides is 1. The third-order valence-corrected chi connectivity index (χ3v) is 2.62. The molecule has 0 amide bonds. The minimum Gasteiger partial charge on any atom is -0.427 e. The van der Waals surface area contributed by atoms with Crippen molar-refractivity contribution in [3.05, 3.63) is 30.3 Å². The molecule has 0 saturated carbocycles. The second-order valence-corrected chi connectivity index (χ2v) is 4.35. The number of esters is 1. The van der Waals surface area contributed by atoms with Crippen molar-refractivity contribution >= 4 is 23.4 Å². The Morgan fingerprint density at radius 1 is 1.00 bits per heavy atom. The highest BCUT2D eigenvalue weighted by atomic mass is 35.5. The molecule has 0 heterocycles. The van der Waals surface area contributed by atoms with E-state index < -0.39 is 0 Å². The van der Waals surface area contributed by atoms with Crippen LogP contribution in [0.5, 0.6) is 5.75 Å². The van der Waals surface area contributed by atoms with E-state index in [1.165, 1.54) is 0 Å². The maximum atomic E-state index is 11.5. The Morgan fingerprint density at radius 3 is 2.33 bits per heavy atom. The van der Waals surface area contributed by atoms with Crippen LogP contribution in [0.3, 0.4) is 0 Å². The van der Waals surface area contributed by atoms with Crippen LogP contribution >= 0.6 is 11.6 Å². The van der Waals surface area contributed by atoms with Crippen molar-refractivity contribution in [2.75, 3.05) is 5.88 Å². The van der Waals surface area contributed by atoms with E-state index in [1.54, 1.807) is 12.1 Å². The molecule has 1 aromatic carbocycles. The van der Waals surface area contributed by atoms with Crippen LogP contribution in [-0.2, 0) is 9.59 Å². The zero-order valence-electron chi connectivity index (χ0n) is 10.2. The molecule has 0 radical (unpaired) electrons. The number of carbonyl (C=O) groups excluding carboxylic acids is 2. The first kappa shape index (κ1) is 14.7.